The van der Waals surface area contributed by atoms with Crippen LogP contribution in [0, 0.1) is 50.1 Å². The molecule has 0 saturated carbocycles. The first-order valence-electron chi connectivity index (χ1n) is 27.6. The summed E-state index contributed by atoms with van der Waals surface area (Å²) in [6, 6.07) is 36.8. The van der Waals surface area contributed by atoms with Crippen molar-refractivity contribution in [2.75, 3.05) is 13.2 Å². The van der Waals surface area contributed by atoms with Gasteiger partial charge in [0.25, 0.3) is 0 Å². The summed E-state index contributed by atoms with van der Waals surface area (Å²) in [6.45, 7) is 14.2. The molecule has 0 bridgehead atoms. The lowest BCUT2D eigenvalue weighted by molar-refractivity contribution is -0.138. The number of aryl methyl sites for hydroxylation is 3. The van der Waals surface area contributed by atoms with E-state index >= 15 is 0 Å². The molecule has 9 rings (SSSR count). The molecular formula is C66H68Cl3F3N6O6. The van der Waals surface area contributed by atoms with Gasteiger partial charge in [0.2, 0.25) is 0 Å². The van der Waals surface area contributed by atoms with Crippen LogP contribution in [0.3, 0.4) is 0 Å². The molecule has 2 atom stereocenters. The van der Waals surface area contributed by atoms with E-state index in [1.807, 2.05) is 102 Å². The second-order valence-corrected chi connectivity index (χ2v) is 22.1. The maximum atomic E-state index is 14.0. The first-order chi connectivity index (χ1) is 40.3. The zero-order valence-corrected chi connectivity index (χ0v) is 50.0. The number of ketones is 1. The normalized spacial score (nSPS) is 11.7. The lowest BCUT2D eigenvalue weighted by Gasteiger charge is -2.16. The number of aromatic hydroxyl groups is 1. The largest absolute Gasteiger partial charge is 0.508 e. The summed E-state index contributed by atoms with van der Waals surface area (Å²) in [5, 5.41) is 19.1. The number of aromatic nitrogens is 6. The fourth-order valence-corrected chi connectivity index (χ4v) is 9.86. The summed E-state index contributed by atoms with van der Waals surface area (Å²) in [4.78, 5) is 35.3. The lowest BCUT2D eigenvalue weighted by atomic mass is 10.00. The summed E-state index contributed by atoms with van der Waals surface area (Å²) in [5.74, 6) is 2.32. The van der Waals surface area contributed by atoms with E-state index in [0.717, 1.165) is 71.0 Å². The minimum atomic E-state index is -0.772. The minimum Gasteiger partial charge on any atom is -0.508 e. The molecule has 18 heteroatoms. The van der Waals surface area contributed by atoms with Gasteiger partial charge >= 0.3 is 5.97 Å². The van der Waals surface area contributed by atoms with Gasteiger partial charge in [-0.3, -0.25) is 4.79 Å². The molecule has 0 aliphatic heterocycles. The molecule has 9 aromatic rings. The molecule has 0 fully saturated rings. The fourth-order valence-electron chi connectivity index (χ4n) is 9.51. The first kappa shape index (κ1) is 63.7. The molecule has 0 saturated heterocycles. The van der Waals surface area contributed by atoms with Gasteiger partial charge in [0, 0.05) is 81.9 Å². The Bertz CT molecular complexity index is 3510. The molecular weight excluding hydrogens is 1140 g/mol. The number of para-hydroxylation sites is 3. The number of carboxylic acid groups (broad SMARTS) is 1. The first-order valence-corrected chi connectivity index (χ1v) is 28.7. The average Bonchev–Trinajstić information content (AvgIpc) is 4.09. The summed E-state index contributed by atoms with van der Waals surface area (Å²) in [5.41, 5.74) is 7.60. The minimum absolute atomic E-state index is 0.0787. The summed E-state index contributed by atoms with van der Waals surface area (Å²) < 4.78 is 59.7. The van der Waals surface area contributed by atoms with E-state index in [-0.39, 0.29) is 38.9 Å². The fraction of sp³-hybridized carbons (Fsp3) is 0.288. The summed E-state index contributed by atoms with van der Waals surface area (Å²) >= 11 is 17.4. The molecule has 6 aromatic carbocycles. The van der Waals surface area contributed by atoms with Crippen molar-refractivity contribution in [2.24, 2.45) is 11.8 Å². The van der Waals surface area contributed by atoms with Crippen LogP contribution in [0.2, 0.25) is 15.1 Å². The highest BCUT2D eigenvalue weighted by Gasteiger charge is 2.18. The monoisotopic (exact) mass is 1200 g/mol. The SMILES string of the molecule is CC(=O)C[C@H](C)CCCOc1ccccc1Cn1c(C)cnc1-c1ccc(Cl)c(F)c1.Cc1cnc(-c2ccc(Cl)c(F)c2)n1Cc1ccccc1O.Cc1cnc(-c2ccc(Cl)c(F)c2)n1Cc1ccccc1OCCC[C@@H](C)CC(=O)O. The number of rotatable bonds is 23. The van der Waals surface area contributed by atoms with Crippen LogP contribution >= 0.6 is 34.8 Å². The number of hydrogen-bond donors (Lipinski definition) is 2. The molecule has 0 radical (unpaired) electrons. The van der Waals surface area contributed by atoms with Crippen molar-refractivity contribution in [3.63, 3.8) is 0 Å². The van der Waals surface area contributed by atoms with Gasteiger partial charge in [-0.2, -0.15) is 0 Å². The number of Topliss-reactive ketones (excluding diaryl/α,β-unsaturated/α-hetero) is 1. The van der Waals surface area contributed by atoms with Crippen molar-refractivity contribution in [2.45, 2.75) is 99.7 Å². The number of carbonyl (C=O) groups is 2. The molecule has 3 heterocycles. The van der Waals surface area contributed by atoms with Crippen LogP contribution in [-0.4, -0.2) is 63.8 Å². The van der Waals surface area contributed by atoms with E-state index in [9.17, 15) is 27.9 Å². The van der Waals surface area contributed by atoms with E-state index in [2.05, 4.69) is 21.9 Å². The molecule has 0 aliphatic rings. The number of carboxylic acids is 1. The van der Waals surface area contributed by atoms with Crippen molar-refractivity contribution >= 4 is 46.6 Å². The third-order valence-corrected chi connectivity index (χ3v) is 14.9. The van der Waals surface area contributed by atoms with E-state index < -0.39 is 23.4 Å². The molecule has 3 aromatic heterocycles. The quantitative estimate of drug-likeness (QED) is 0.0598. The number of ether oxygens (including phenoxy) is 2. The van der Waals surface area contributed by atoms with Gasteiger partial charge in [0.15, 0.2) is 0 Å². The maximum Gasteiger partial charge on any atom is 0.303 e. The molecule has 0 unspecified atom stereocenters. The Hall–Kier alpha value is -7.85. The van der Waals surface area contributed by atoms with Gasteiger partial charge in [0.05, 0.1) is 47.9 Å². The molecule has 0 spiro atoms. The standard InChI is InChI=1S/C25H28ClFN2O2.C24H26ClFN2O3.C17H14ClFN2O/c1-17(13-19(3)30)7-6-12-31-24-9-5-4-8-21(24)16-29-18(2)15-28-25(29)20-10-11-22(26)23(27)14-20;1-16(12-23(29)30)6-5-11-31-22-8-4-3-7-19(22)15-28-17(2)14-27-24(28)18-9-10-20(25)21(26)13-18;1-11-9-20-17(12-6-7-14(18)15(19)8-12)21(11)10-13-4-2-3-5-16(13)22/h4-5,8-11,14-15,17H,6-7,12-13,16H2,1-3H3;3-4,7-10,13-14,16H,5-6,11-12,15H2,1-2H3,(H,29,30);2-9,22H,10H2,1H3/t17-;16-;/m11./s1. The smallest absolute Gasteiger partial charge is 0.303 e. The maximum absolute atomic E-state index is 14.0. The number of nitrogens with zero attached hydrogens (tertiary/aromatic N) is 6. The van der Waals surface area contributed by atoms with Crippen molar-refractivity contribution < 1.29 is 42.4 Å². The Balaban J connectivity index is 0.000000184. The number of phenols is 1. The van der Waals surface area contributed by atoms with Crippen LogP contribution in [0.25, 0.3) is 34.2 Å². The highest BCUT2D eigenvalue weighted by molar-refractivity contribution is 6.31. The topological polar surface area (TPSA) is 147 Å². The van der Waals surface area contributed by atoms with Crippen molar-refractivity contribution in [3.05, 3.63) is 212 Å². The van der Waals surface area contributed by atoms with Crippen LogP contribution in [0.1, 0.15) is 93.1 Å². The number of phenolic OH excluding ortho intramolecular Hbond substituents is 1. The zero-order valence-electron chi connectivity index (χ0n) is 47.8. The average molecular weight is 1200 g/mol. The Morgan fingerprint density at radius 2 is 0.869 bits per heavy atom. The number of halogens is 6. The predicted octanol–water partition coefficient (Wildman–Crippen LogP) is 16.8. The van der Waals surface area contributed by atoms with E-state index in [4.69, 9.17) is 49.4 Å². The van der Waals surface area contributed by atoms with E-state index in [0.29, 0.717) is 79.4 Å². The second-order valence-electron chi connectivity index (χ2n) is 20.9. The molecule has 2 N–H and O–H groups in total. The number of carbonyl (C=O) groups excluding carboxylic acids is 1. The Kier molecular flexibility index (Phi) is 23.2. The lowest BCUT2D eigenvalue weighted by Crippen LogP contribution is -2.09. The van der Waals surface area contributed by atoms with E-state index in [1.54, 1.807) is 61.9 Å². The third-order valence-electron chi connectivity index (χ3n) is 14.0. The highest BCUT2D eigenvalue weighted by atomic mass is 35.5. The summed E-state index contributed by atoms with van der Waals surface area (Å²) in [7, 11) is 0. The van der Waals surface area contributed by atoms with Gasteiger partial charge in [0.1, 0.15) is 58.0 Å². The predicted molar refractivity (Wildman–Crippen MR) is 326 cm³/mol. The van der Waals surface area contributed by atoms with Crippen LogP contribution < -0.4 is 9.47 Å². The Morgan fingerprint density at radius 1 is 0.524 bits per heavy atom. The van der Waals surface area contributed by atoms with Crippen molar-refractivity contribution in [3.8, 4) is 51.4 Å². The van der Waals surface area contributed by atoms with Gasteiger partial charge in [-0.15, -0.1) is 0 Å². The zero-order chi connectivity index (χ0) is 60.5. The molecule has 0 amide bonds. The third kappa shape index (κ3) is 17.8. The van der Waals surface area contributed by atoms with Gasteiger partial charge in [-0.1, -0.05) is 103 Å². The molecule has 12 nitrogen and oxygen atoms in total. The van der Waals surface area contributed by atoms with Crippen molar-refractivity contribution in [1.29, 1.82) is 0 Å². The summed E-state index contributed by atoms with van der Waals surface area (Å²) in [6.07, 6.45) is 9.47. The Labute approximate surface area is 503 Å². The Morgan fingerprint density at radius 3 is 1.23 bits per heavy atom. The molecule has 84 heavy (non-hydrogen) atoms. The molecule has 0 aliphatic carbocycles. The number of imidazole rings is 3. The van der Waals surface area contributed by atoms with Crippen LogP contribution in [0.15, 0.2) is 146 Å². The van der Waals surface area contributed by atoms with E-state index in [1.165, 1.54) is 30.3 Å². The van der Waals surface area contributed by atoms with Gasteiger partial charge < -0.3 is 38.2 Å². The highest BCUT2D eigenvalue weighted by Crippen LogP contribution is 2.31. The number of benzene rings is 6. The number of aliphatic carboxylic acids is 1. The number of hydrogen-bond acceptors (Lipinski definition) is 8. The van der Waals surface area contributed by atoms with Crippen LogP contribution in [0.5, 0.6) is 17.2 Å². The van der Waals surface area contributed by atoms with Gasteiger partial charge in [-0.25, -0.2) is 28.1 Å². The van der Waals surface area contributed by atoms with Crippen molar-refractivity contribution in [1.82, 2.24) is 28.7 Å². The molecule has 440 valence electrons. The second kappa shape index (κ2) is 30.6. The van der Waals surface area contributed by atoms with Crippen LogP contribution in [0.4, 0.5) is 13.2 Å². The van der Waals surface area contributed by atoms with Gasteiger partial charge in [-0.05, 0) is 138 Å². The van der Waals surface area contributed by atoms with Crippen LogP contribution in [-0.2, 0) is 29.2 Å².